The second-order valence-electron chi connectivity index (χ2n) is 7.75. The van der Waals surface area contributed by atoms with Crippen LogP contribution in [0.15, 0.2) is 37.2 Å². The second-order valence-corrected chi connectivity index (χ2v) is 7.75. The summed E-state index contributed by atoms with van der Waals surface area (Å²) in [4.78, 5) is 21.1. The molecule has 0 unspecified atom stereocenters. The summed E-state index contributed by atoms with van der Waals surface area (Å²) in [5, 5.41) is 4.54. The van der Waals surface area contributed by atoms with Gasteiger partial charge in [0.2, 0.25) is 0 Å². The van der Waals surface area contributed by atoms with Gasteiger partial charge in [-0.2, -0.15) is 0 Å². The number of piperidine rings is 1. The molecule has 2 aliphatic heterocycles. The molecular weight excluding hydrogens is 352 g/mol. The van der Waals surface area contributed by atoms with Crippen LogP contribution in [0.5, 0.6) is 0 Å². The highest BCUT2D eigenvalue weighted by Crippen LogP contribution is 2.36. The number of nitrogens with zero attached hydrogens (tertiary/aromatic N) is 5. The Morgan fingerprint density at radius 1 is 1.11 bits per heavy atom. The van der Waals surface area contributed by atoms with Crippen LogP contribution >= 0.6 is 0 Å². The minimum atomic E-state index is -0.289. The number of rotatable bonds is 3. The maximum atomic E-state index is 6.94. The van der Waals surface area contributed by atoms with Gasteiger partial charge in [0.15, 0.2) is 0 Å². The maximum absolute atomic E-state index is 6.94. The zero-order valence-electron chi connectivity index (χ0n) is 15.9. The van der Waals surface area contributed by atoms with E-state index in [0.29, 0.717) is 0 Å². The van der Waals surface area contributed by atoms with Gasteiger partial charge in [0, 0.05) is 75.2 Å². The number of fused-ring (bicyclic) bond motifs is 1. The van der Waals surface area contributed by atoms with Crippen LogP contribution in [0.1, 0.15) is 12.8 Å². The van der Waals surface area contributed by atoms with E-state index in [1.165, 1.54) is 5.69 Å². The third-order valence-electron chi connectivity index (χ3n) is 6.01. The first-order valence-electron chi connectivity index (χ1n) is 9.96. The number of nitrogens with two attached hydrogens (primary N) is 1. The second kappa shape index (κ2) is 7.12. The Labute approximate surface area is 164 Å². The maximum Gasteiger partial charge on any atom is 0.139 e. The van der Waals surface area contributed by atoms with Gasteiger partial charge in [-0.25, -0.2) is 15.0 Å². The average molecular weight is 378 g/mol. The summed E-state index contributed by atoms with van der Waals surface area (Å²) in [7, 11) is 0. The van der Waals surface area contributed by atoms with Crippen molar-refractivity contribution < 1.29 is 0 Å². The molecule has 0 spiro atoms. The highest BCUT2D eigenvalue weighted by Gasteiger charge is 2.38. The highest BCUT2D eigenvalue weighted by molar-refractivity contribution is 6.02. The molecule has 1 atom stereocenters. The van der Waals surface area contributed by atoms with Crippen LogP contribution in [-0.4, -0.2) is 69.8 Å². The summed E-state index contributed by atoms with van der Waals surface area (Å²) in [6.45, 7) is 5.85. The quantitative estimate of drug-likeness (QED) is 0.629. The molecule has 0 amide bonds. The van der Waals surface area contributed by atoms with Crippen LogP contribution in [0.25, 0.3) is 22.2 Å². The molecule has 3 aromatic heterocycles. The summed E-state index contributed by atoms with van der Waals surface area (Å²) < 4.78 is 0. The minimum Gasteiger partial charge on any atom is -0.368 e. The van der Waals surface area contributed by atoms with Gasteiger partial charge in [0.05, 0.1) is 16.7 Å². The Hall–Kier alpha value is -2.55. The molecule has 0 bridgehead atoms. The first kappa shape index (κ1) is 17.5. The topological polar surface area (TPSA) is 99.0 Å². The van der Waals surface area contributed by atoms with Crippen molar-refractivity contribution in [3.63, 3.8) is 0 Å². The fourth-order valence-corrected chi connectivity index (χ4v) is 4.61. The lowest BCUT2D eigenvalue weighted by Crippen LogP contribution is -2.67. The Balaban J connectivity index is 1.53. The van der Waals surface area contributed by atoms with Crippen LogP contribution in [0.3, 0.4) is 0 Å². The van der Waals surface area contributed by atoms with Gasteiger partial charge in [-0.15, -0.1) is 0 Å². The largest absolute Gasteiger partial charge is 0.368 e. The lowest BCUT2D eigenvalue weighted by molar-refractivity contribution is 0.0636. The van der Waals surface area contributed by atoms with Gasteiger partial charge in [0.25, 0.3) is 0 Å². The SMILES string of the molecule is N[C@]1(N2CCNCC2)CCCN(c2ccnc3[nH]cc(-c4cncnc4)c23)C1. The van der Waals surface area contributed by atoms with Crippen LogP contribution in [0.4, 0.5) is 5.69 Å². The zero-order valence-corrected chi connectivity index (χ0v) is 15.9. The predicted molar refractivity (Wildman–Crippen MR) is 110 cm³/mol. The van der Waals surface area contributed by atoms with E-state index in [1.807, 2.05) is 24.8 Å². The normalized spacial score (nSPS) is 24.0. The van der Waals surface area contributed by atoms with E-state index in [9.17, 15) is 0 Å². The number of aromatic nitrogens is 4. The summed E-state index contributed by atoms with van der Waals surface area (Å²) >= 11 is 0. The summed E-state index contributed by atoms with van der Waals surface area (Å²) in [5.41, 5.74) is 10.8. The molecule has 0 aromatic carbocycles. The molecule has 146 valence electrons. The molecule has 0 saturated carbocycles. The van der Waals surface area contributed by atoms with E-state index in [-0.39, 0.29) is 5.66 Å². The smallest absolute Gasteiger partial charge is 0.139 e. The fourth-order valence-electron chi connectivity index (χ4n) is 4.61. The van der Waals surface area contributed by atoms with Crippen LogP contribution in [-0.2, 0) is 0 Å². The Morgan fingerprint density at radius 2 is 1.93 bits per heavy atom. The monoisotopic (exact) mass is 378 g/mol. The van der Waals surface area contributed by atoms with Gasteiger partial charge in [-0.3, -0.25) is 4.90 Å². The molecule has 2 saturated heterocycles. The van der Waals surface area contributed by atoms with Crippen LogP contribution in [0.2, 0.25) is 0 Å². The number of anilines is 1. The molecule has 5 heterocycles. The molecule has 5 rings (SSSR count). The number of H-pyrrole nitrogens is 1. The van der Waals surface area contributed by atoms with Crippen molar-refractivity contribution in [1.82, 2.24) is 30.2 Å². The third kappa shape index (κ3) is 3.03. The van der Waals surface area contributed by atoms with Gasteiger partial charge >= 0.3 is 0 Å². The number of hydrogen-bond donors (Lipinski definition) is 3. The van der Waals surface area contributed by atoms with Gasteiger partial charge < -0.3 is 20.9 Å². The highest BCUT2D eigenvalue weighted by atomic mass is 15.3. The van der Waals surface area contributed by atoms with Crippen molar-refractivity contribution in [2.45, 2.75) is 18.5 Å². The summed E-state index contributed by atoms with van der Waals surface area (Å²) in [5.74, 6) is 0. The van der Waals surface area contributed by atoms with Gasteiger partial charge in [0.1, 0.15) is 12.0 Å². The standard InChI is InChI=1S/C20H26N8/c21-20(28-8-5-22-6-9-28)3-1-7-27(13-20)17-2-4-25-19-18(17)16(12-26-19)15-10-23-14-24-11-15/h2,4,10-12,14,22H,1,3,5-9,13,21H2,(H,25,26)/t20-/m0/s1. The molecule has 28 heavy (non-hydrogen) atoms. The van der Waals surface area contributed by atoms with E-state index in [0.717, 1.165) is 74.3 Å². The van der Waals surface area contributed by atoms with Crippen molar-refractivity contribution in [2.75, 3.05) is 44.2 Å². The van der Waals surface area contributed by atoms with Crippen molar-refractivity contribution in [3.8, 4) is 11.1 Å². The number of hydrogen-bond acceptors (Lipinski definition) is 7. The summed E-state index contributed by atoms with van der Waals surface area (Å²) in [6, 6.07) is 2.10. The molecule has 8 nitrogen and oxygen atoms in total. The first-order chi connectivity index (χ1) is 13.7. The van der Waals surface area contributed by atoms with Crippen LogP contribution in [0, 0.1) is 0 Å². The molecule has 8 heteroatoms. The number of nitrogens with one attached hydrogen (secondary N) is 2. The lowest BCUT2D eigenvalue weighted by atomic mass is 9.95. The average Bonchev–Trinajstić information content (AvgIpc) is 3.19. The number of aromatic amines is 1. The van der Waals surface area contributed by atoms with Crippen LogP contribution < -0.4 is 16.0 Å². The fraction of sp³-hybridized carbons (Fsp3) is 0.450. The molecule has 0 aliphatic carbocycles. The van der Waals surface area contributed by atoms with Gasteiger partial charge in [-0.1, -0.05) is 0 Å². The van der Waals surface area contributed by atoms with E-state index >= 15 is 0 Å². The molecule has 2 aliphatic rings. The Kier molecular flexibility index (Phi) is 4.46. The van der Waals surface area contributed by atoms with E-state index in [2.05, 4.69) is 41.1 Å². The van der Waals surface area contributed by atoms with Crippen molar-refractivity contribution in [1.29, 1.82) is 0 Å². The molecule has 2 fully saturated rings. The van der Waals surface area contributed by atoms with Crippen molar-refractivity contribution >= 4 is 16.7 Å². The molecule has 4 N–H and O–H groups in total. The zero-order chi connectivity index (χ0) is 19.0. The van der Waals surface area contributed by atoms with Crippen molar-refractivity contribution in [3.05, 3.63) is 37.2 Å². The first-order valence-corrected chi connectivity index (χ1v) is 9.96. The lowest BCUT2D eigenvalue weighted by Gasteiger charge is -2.49. The molecular formula is C20H26N8. The molecule has 0 radical (unpaired) electrons. The van der Waals surface area contributed by atoms with E-state index < -0.39 is 0 Å². The number of pyridine rings is 1. The van der Waals surface area contributed by atoms with E-state index in [4.69, 9.17) is 5.73 Å². The van der Waals surface area contributed by atoms with Crippen molar-refractivity contribution in [2.24, 2.45) is 5.73 Å². The predicted octanol–water partition coefficient (Wildman–Crippen LogP) is 1.18. The summed E-state index contributed by atoms with van der Waals surface area (Å²) in [6.07, 6.45) is 11.2. The van der Waals surface area contributed by atoms with Gasteiger partial charge in [-0.05, 0) is 18.9 Å². The molecule has 3 aromatic rings. The Morgan fingerprint density at radius 3 is 2.75 bits per heavy atom. The Bertz CT molecular complexity index is 949. The third-order valence-corrected chi connectivity index (χ3v) is 6.01. The minimum absolute atomic E-state index is 0.289. The van der Waals surface area contributed by atoms with E-state index in [1.54, 1.807) is 6.33 Å². The number of piperazine rings is 1.